The highest BCUT2D eigenvalue weighted by Crippen LogP contribution is 2.19. The number of benzene rings is 1. The van der Waals surface area contributed by atoms with Crippen LogP contribution in [0.1, 0.15) is 27.3 Å². The second kappa shape index (κ2) is 6.44. The molecule has 0 spiro atoms. The largest absolute Gasteiger partial charge is 0.406 e. The van der Waals surface area contributed by atoms with Gasteiger partial charge in [-0.25, -0.2) is 4.98 Å². The number of carbonyl (C=O) groups is 1. The van der Waals surface area contributed by atoms with E-state index in [1.165, 1.54) is 17.3 Å². The normalized spacial score (nSPS) is 11.6. The number of aryl methyl sites for hydroxylation is 1. The summed E-state index contributed by atoms with van der Waals surface area (Å²) in [6.45, 7) is 2.65. The zero-order valence-electron chi connectivity index (χ0n) is 13.2. The number of aromatic nitrogens is 2. The van der Waals surface area contributed by atoms with E-state index in [0.29, 0.717) is 5.56 Å². The van der Waals surface area contributed by atoms with Crippen LogP contribution in [0.5, 0.6) is 0 Å². The number of hydrogen-bond donors (Lipinski definition) is 0. The van der Waals surface area contributed by atoms with E-state index < -0.39 is 12.7 Å². The SMILES string of the molecule is Cc1cccc(C(=O)N(C)Cc2nccn2CC(F)(F)F)c1C. The number of carbonyl (C=O) groups excluding carboxylic acids is 1. The Morgan fingerprint density at radius 1 is 1.30 bits per heavy atom. The number of alkyl halides is 3. The molecule has 1 amide bonds. The molecule has 1 heterocycles. The summed E-state index contributed by atoms with van der Waals surface area (Å²) >= 11 is 0. The van der Waals surface area contributed by atoms with E-state index in [0.717, 1.165) is 15.7 Å². The second-order valence-corrected chi connectivity index (χ2v) is 5.50. The minimum atomic E-state index is -4.33. The fraction of sp³-hybridized carbons (Fsp3) is 0.375. The molecule has 0 saturated heterocycles. The average Bonchev–Trinajstić information content (AvgIpc) is 2.86. The minimum Gasteiger partial charge on any atom is -0.334 e. The van der Waals surface area contributed by atoms with Crippen LogP contribution in [0.2, 0.25) is 0 Å². The Hall–Kier alpha value is -2.31. The zero-order chi connectivity index (χ0) is 17.2. The zero-order valence-corrected chi connectivity index (χ0v) is 13.2. The predicted molar refractivity (Wildman–Crippen MR) is 80.0 cm³/mol. The molecule has 2 rings (SSSR count). The summed E-state index contributed by atoms with van der Waals surface area (Å²) in [7, 11) is 1.55. The highest BCUT2D eigenvalue weighted by Gasteiger charge is 2.29. The fourth-order valence-corrected chi connectivity index (χ4v) is 2.30. The summed E-state index contributed by atoms with van der Waals surface area (Å²) in [6, 6.07) is 5.40. The quantitative estimate of drug-likeness (QED) is 0.865. The number of hydrogen-bond acceptors (Lipinski definition) is 2. The second-order valence-electron chi connectivity index (χ2n) is 5.50. The van der Waals surface area contributed by atoms with E-state index in [1.54, 1.807) is 19.2 Å². The Morgan fingerprint density at radius 3 is 2.65 bits per heavy atom. The van der Waals surface area contributed by atoms with Crippen molar-refractivity contribution in [1.82, 2.24) is 14.5 Å². The lowest BCUT2D eigenvalue weighted by Gasteiger charge is -2.20. The van der Waals surface area contributed by atoms with Crippen molar-refractivity contribution in [3.63, 3.8) is 0 Å². The lowest BCUT2D eigenvalue weighted by atomic mass is 10.0. The molecule has 0 bridgehead atoms. The maximum absolute atomic E-state index is 12.5. The highest BCUT2D eigenvalue weighted by atomic mass is 19.4. The van der Waals surface area contributed by atoms with Crippen LogP contribution in [-0.4, -0.2) is 33.6 Å². The van der Waals surface area contributed by atoms with E-state index in [-0.39, 0.29) is 18.3 Å². The van der Waals surface area contributed by atoms with Crippen molar-refractivity contribution in [3.05, 3.63) is 53.1 Å². The number of imidazole rings is 1. The molecule has 7 heteroatoms. The van der Waals surface area contributed by atoms with Crippen molar-refractivity contribution in [2.45, 2.75) is 33.1 Å². The Morgan fingerprint density at radius 2 is 2.00 bits per heavy atom. The van der Waals surface area contributed by atoms with Crippen LogP contribution >= 0.6 is 0 Å². The first-order valence-electron chi connectivity index (χ1n) is 7.07. The molecule has 0 aliphatic carbocycles. The van der Waals surface area contributed by atoms with Crippen LogP contribution in [0.4, 0.5) is 13.2 Å². The molecule has 0 saturated carbocycles. The Labute approximate surface area is 132 Å². The van der Waals surface area contributed by atoms with Crippen LogP contribution in [0, 0.1) is 13.8 Å². The molecule has 0 radical (unpaired) electrons. The molecule has 0 aliphatic rings. The first-order chi connectivity index (χ1) is 10.7. The molecule has 23 heavy (non-hydrogen) atoms. The van der Waals surface area contributed by atoms with E-state index in [9.17, 15) is 18.0 Å². The number of amides is 1. The van der Waals surface area contributed by atoms with Crippen molar-refractivity contribution in [3.8, 4) is 0 Å². The van der Waals surface area contributed by atoms with Crippen molar-refractivity contribution in [2.24, 2.45) is 0 Å². The molecular weight excluding hydrogens is 307 g/mol. The van der Waals surface area contributed by atoms with Gasteiger partial charge in [0.2, 0.25) is 0 Å². The van der Waals surface area contributed by atoms with Crippen LogP contribution in [0.3, 0.4) is 0 Å². The first kappa shape index (κ1) is 17.1. The highest BCUT2D eigenvalue weighted by molar-refractivity contribution is 5.95. The molecule has 0 fully saturated rings. The summed E-state index contributed by atoms with van der Waals surface area (Å²) in [5.41, 5.74) is 2.40. The summed E-state index contributed by atoms with van der Waals surface area (Å²) in [6.07, 6.45) is -1.76. The topological polar surface area (TPSA) is 38.1 Å². The fourth-order valence-electron chi connectivity index (χ4n) is 2.30. The lowest BCUT2D eigenvalue weighted by Crippen LogP contribution is -2.29. The van der Waals surface area contributed by atoms with Gasteiger partial charge >= 0.3 is 6.18 Å². The Kier molecular flexibility index (Phi) is 4.77. The van der Waals surface area contributed by atoms with Gasteiger partial charge in [0.1, 0.15) is 12.4 Å². The summed E-state index contributed by atoms with van der Waals surface area (Å²) in [4.78, 5) is 17.8. The van der Waals surface area contributed by atoms with Crippen molar-refractivity contribution >= 4 is 5.91 Å². The molecule has 124 valence electrons. The molecule has 0 N–H and O–H groups in total. The monoisotopic (exact) mass is 325 g/mol. The van der Waals surface area contributed by atoms with Crippen LogP contribution in [-0.2, 0) is 13.1 Å². The van der Waals surface area contributed by atoms with Gasteiger partial charge in [0, 0.05) is 25.0 Å². The third-order valence-corrected chi connectivity index (χ3v) is 3.71. The van der Waals surface area contributed by atoms with Crippen molar-refractivity contribution < 1.29 is 18.0 Å². The predicted octanol–water partition coefficient (Wildman–Crippen LogP) is 3.33. The minimum absolute atomic E-state index is 0.00922. The number of rotatable bonds is 4. The molecule has 1 aromatic heterocycles. The van der Waals surface area contributed by atoms with Gasteiger partial charge in [-0.15, -0.1) is 0 Å². The van der Waals surface area contributed by atoms with Crippen molar-refractivity contribution in [2.75, 3.05) is 7.05 Å². The smallest absolute Gasteiger partial charge is 0.334 e. The molecule has 0 aliphatic heterocycles. The van der Waals surface area contributed by atoms with Gasteiger partial charge < -0.3 is 9.47 Å². The van der Waals surface area contributed by atoms with E-state index in [1.807, 2.05) is 19.9 Å². The lowest BCUT2D eigenvalue weighted by molar-refractivity contribution is -0.141. The molecule has 0 unspecified atom stereocenters. The van der Waals surface area contributed by atoms with Gasteiger partial charge in [-0.2, -0.15) is 13.2 Å². The summed E-state index contributed by atoms with van der Waals surface area (Å²) in [5, 5.41) is 0. The van der Waals surface area contributed by atoms with Gasteiger partial charge in [0.05, 0.1) is 6.54 Å². The Balaban J connectivity index is 2.16. The van der Waals surface area contributed by atoms with E-state index >= 15 is 0 Å². The van der Waals surface area contributed by atoms with Gasteiger partial charge in [0.15, 0.2) is 0 Å². The maximum atomic E-state index is 12.5. The maximum Gasteiger partial charge on any atom is 0.406 e. The van der Waals surface area contributed by atoms with E-state index in [4.69, 9.17) is 0 Å². The van der Waals surface area contributed by atoms with Crippen molar-refractivity contribution in [1.29, 1.82) is 0 Å². The third kappa shape index (κ3) is 4.12. The van der Waals surface area contributed by atoms with Crippen LogP contribution in [0.25, 0.3) is 0 Å². The van der Waals surface area contributed by atoms with Gasteiger partial charge in [0.25, 0.3) is 5.91 Å². The molecule has 1 aromatic carbocycles. The summed E-state index contributed by atoms with van der Waals surface area (Å²) < 4.78 is 38.6. The molecule has 0 atom stereocenters. The van der Waals surface area contributed by atoms with Gasteiger partial charge in [-0.05, 0) is 31.0 Å². The van der Waals surface area contributed by atoms with Gasteiger partial charge in [-0.3, -0.25) is 4.79 Å². The van der Waals surface area contributed by atoms with Gasteiger partial charge in [-0.1, -0.05) is 12.1 Å². The molecule has 4 nitrogen and oxygen atoms in total. The number of halogens is 3. The summed E-state index contributed by atoms with van der Waals surface area (Å²) in [5.74, 6) is -0.0451. The first-order valence-corrected chi connectivity index (χ1v) is 7.07. The molecule has 2 aromatic rings. The average molecular weight is 325 g/mol. The van der Waals surface area contributed by atoms with Crippen LogP contribution in [0.15, 0.2) is 30.6 Å². The standard InChI is InChI=1S/C16H18F3N3O/c1-11-5-4-6-13(12(11)2)15(23)21(3)9-14-20-7-8-22(14)10-16(17,18)19/h4-8H,9-10H2,1-3H3. The Bertz CT molecular complexity index is 707. The van der Waals surface area contributed by atoms with Crippen LogP contribution < -0.4 is 0 Å². The third-order valence-electron chi connectivity index (χ3n) is 3.71. The molecular formula is C16H18F3N3O. The number of nitrogens with zero attached hydrogens (tertiary/aromatic N) is 3. The van der Waals surface area contributed by atoms with E-state index in [2.05, 4.69) is 4.98 Å².